The SMILES string of the molecule is CCN(Cc1ccccc1)CC(Cl)c1ccc(F)c(C)c1. The molecule has 0 aliphatic carbocycles. The number of likely N-dealkylation sites (N-methyl/N-ethyl adjacent to an activating group) is 1. The number of aryl methyl sites for hydroxylation is 1. The van der Waals surface area contributed by atoms with Crippen LogP contribution >= 0.6 is 11.6 Å². The van der Waals surface area contributed by atoms with E-state index in [0.717, 1.165) is 25.2 Å². The molecule has 21 heavy (non-hydrogen) atoms. The van der Waals surface area contributed by atoms with E-state index in [1.54, 1.807) is 13.0 Å². The zero-order chi connectivity index (χ0) is 15.2. The van der Waals surface area contributed by atoms with Crippen LogP contribution in [0, 0.1) is 12.7 Å². The van der Waals surface area contributed by atoms with Crippen molar-refractivity contribution >= 4 is 11.6 Å². The van der Waals surface area contributed by atoms with Crippen LogP contribution in [-0.4, -0.2) is 18.0 Å². The minimum atomic E-state index is -0.181. The lowest BCUT2D eigenvalue weighted by Crippen LogP contribution is -2.26. The second kappa shape index (κ2) is 7.58. The zero-order valence-electron chi connectivity index (χ0n) is 12.5. The lowest BCUT2D eigenvalue weighted by Gasteiger charge is -2.23. The van der Waals surface area contributed by atoms with E-state index >= 15 is 0 Å². The third-order valence-corrected chi connectivity index (χ3v) is 4.05. The highest BCUT2D eigenvalue weighted by molar-refractivity contribution is 6.21. The van der Waals surface area contributed by atoms with E-state index < -0.39 is 0 Å². The molecule has 2 aromatic rings. The summed E-state index contributed by atoms with van der Waals surface area (Å²) in [5.74, 6) is -0.181. The van der Waals surface area contributed by atoms with Crippen LogP contribution in [0.2, 0.25) is 0 Å². The molecule has 0 aromatic heterocycles. The molecule has 112 valence electrons. The maximum atomic E-state index is 13.3. The molecule has 1 nitrogen and oxygen atoms in total. The smallest absolute Gasteiger partial charge is 0.126 e. The number of benzene rings is 2. The van der Waals surface area contributed by atoms with Crippen molar-refractivity contribution in [3.63, 3.8) is 0 Å². The Morgan fingerprint density at radius 2 is 1.86 bits per heavy atom. The molecule has 0 N–H and O–H groups in total. The summed E-state index contributed by atoms with van der Waals surface area (Å²) in [4.78, 5) is 2.30. The number of halogens is 2. The first-order valence-electron chi connectivity index (χ1n) is 7.26. The fourth-order valence-electron chi connectivity index (χ4n) is 2.34. The Kier molecular flexibility index (Phi) is 5.77. The van der Waals surface area contributed by atoms with Gasteiger partial charge in [-0.3, -0.25) is 4.90 Å². The molecule has 0 bridgehead atoms. The average Bonchev–Trinajstić information content (AvgIpc) is 2.50. The molecule has 1 atom stereocenters. The number of hydrogen-bond acceptors (Lipinski definition) is 1. The van der Waals surface area contributed by atoms with Crippen molar-refractivity contribution in [2.24, 2.45) is 0 Å². The fourth-order valence-corrected chi connectivity index (χ4v) is 2.67. The van der Waals surface area contributed by atoms with E-state index in [4.69, 9.17) is 11.6 Å². The molecule has 3 heteroatoms. The van der Waals surface area contributed by atoms with E-state index in [-0.39, 0.29) is 11.2 Å². The van der Waals surface area contributed by atoms with Gasteiger partial charge in [0.1, 0.15) is 5.82 Å². The predicted molar refractivity (Wildman–Crippen MR) is 87.1 cm³/mol. The Morgan fingerprint density at radius 1 is 1.14 bits per heavy atom. The van der Waals surface area contributed by atoms with Crippen molar-refractivity contribution in [3.05, 3.63) is 71.0 Å². The van der Waals surface area contributed by atoms with Crippen molar-refractivity contribution in [3.8, 4) is 0 Å². The van der Waals surface area contributed by atoms with Gasteiger partial charge in [0, 0.05) is 13.1 Å². The van der Waals surface area contributed by atoms with Crippen LogP contribution in [0.3, 0.4) is 0 Å². The number of hydrogen-bond donors (Lipinski definition) is 0. The summed E-state index contributed by atoms with van der Waals surface area (Å²) in [5, 5.41) is -0.132. The topological polar surface area (TPSA) is 3.24 Å². The van der Waals surface area contributed by atoms with Crippen molar-refractivity contribution in [1.29, 1.82) is 0 Å². The highest BCUT2D eigenvalue weighted by Crippen LogP contribution is 2.24. The van der Waals surface area contributed by atoms with Gasteiger partial charge in [0.25, 0.3) is 0 Å². The van der Waals surface area contributed by atoms with Gasteiger partial charge in [0.15, 0.2) is 0 Å². The van der Waals surface area contributed by atoms with Crippen molar-refractivity contribution in [2.75, 3.05) is 13.1 Å². The van der Waals surface area contributed by atoms with Crippen LogP contribution < -0.4 is 0 Å². The van der Waals surface area contributed by atoms with Gasteiger partial charge in [-0.25, -0.2) is 4.39 Å². The summed E-state index contributed by atoms with van der Waals surface area (Å²) in [6.45, 7) is 6.45. The Labute approximate surface area is 131 Å². The number of alkyl halides is 1. The molecule has 0 saturated heterocycles. The monoisotopic (exact) mass is 305 g/mol. The summed E-state index contributed by atoms with van der Waals surface area (Å²) < 4.78 is 13.3. The highest BCUT2D eigenvalue weighted by Gasteiger charge is 2.14. The molecule has 0 radical (unpaired) electrons. The molecular formula is C18H21ClFN. The van der Waals surface area contributed by atoms with Gasteiger partial charge in [0.2, 0.25) is 0 Å². The third-order valence-electron chi connectivity index (χ3n) is 3.66. The van der Waals surface area contributed by atoms with E-state index in [1.165, 1.54) is 11.6 Å². The molecular weight excluding hydrogens is 285 g/mol. The van der Waals surface area contributed by atoms with Crippen LogP contribution in [0.4, 0.5) is 4.39 Å². The predicted octanol–water partition coefficient (Wildman–Crippen LogP) is 4.94. The Hall–Kier alpha value is -1.38. The molecule has 0 aliphatic rings. The van der Waals surface area contributed by atoms with Crippen molar-refractivity contribution < 1.29 is 4.39 Å². The standard InChI is InChI=1S/C18H21ClFN/c1-3-21(12-15-7-5-4-6-8-15)13-17(19)16-9-10-18(20)14(2)11-16/h4-11,17H,3,12-13H2,1-2H3. The van der Waals surface area contributed by atoms with Gasteiger partial charge in [-0.05, 0) is 36.2 Å². The van der Waals surface area contributed by atoms with Gasteiger partial charge in [-0.2, -0.15) is 0 Å². The second-order valence-electron chi connectivity index (χ2n) is 5.29. The van der Waals surface area contributed by atoms with Gasteiger partial charge in [0.05, 0.1) is 5.38 Å². The normalized spacial score (nSPS) is 12.6. The first-order chi connectivity index (χ1) is 10.1. The molecule has 1 unspecified atom stereocenters. The molecule has 0 amide bonds. The molecule has 0 heterocycles. The minimum Gasteiger partial charge on any atom is -0.298 e. The van der Waals surface area contributed by atoms with Crippen LogP contribution in [0.15, 0.2) is 48.5 Å². The lowest BCUT2D eigenvalue weighted by molar-refractivity contribution is 0.280. The quantitative estimate of drug-likeness (QED) is 0.684. The molecule has 2 rings (SSSR count). The molecule has 0 saturated carbocycles. The maximum Gasteiger partial charge on any atom is 0.126 e. The first-order valence-corrected chi connectivity index (χ1v) is 7.70. The van der Waals surface area contributed by atoms with Gasteiger partial charge in [-0.15, -0.1) is 11.6 Å². The van der Waals surface area contributed by atoms with E-state index in [1.807, 2.05) is 24.3 Å². The zero-order valence-corrected chi connectivity index (χ0v) is 13.3. The summed E-state index contributed by atoms with van der Waals surface area (Å²) in [5.41, 5.74) is 2.89. The van der Waals surface area contributed by atoms with Crippen LogP contribution in [0.1, 0.15) is 29.0 Å². The summed E-state index contributed by atoms with van der Waals surface area (Å²) >= 11 is 6.51. The average molecular weight is 306 g/mol. The summed E-state index contributed by atoms with van der Waals surface area (Å²) in [6.07, 6.45) is 0. The second-order valence-corrected chi connectivity index (χ2v) is 5.82. The number of nitrogens with zero attached hydrogens (tertiary/aromatic N) is 1. The van der Waals surface area contributed by atoms with Crippen molar-refractivity contribution in [2.45, 2.75) is 25.8 Å². The van der Waals surface area contributed by atoms with Gasteiger partial charge < -0.3 is 0 Å². The van der Waals surface area contributed by atoms with Crippen LogP contribution in [0.25, 0.3) is 0 Å². The maximum absolute atomic E-state index is 13.3. The van der Waals surface area contributed by atoms with E-state index in [9.17, 15) is 4.39 Å². The Bertz CT molecular complexity index is 571. The lowest BCUT2D eigenvalue weighted by atomic mass is 10.1. The summed E-state index contributed by atoms with van der Waals surface area (Å²) in [6, 6.07) is 15.5. The van der Waals surface area contributed by atoms with Crippen LogP contribution in [-0.2, 0) is 6.54 Å². The van der Waals surface area contributed by atoms with Gasteiger partial charge >= 0.3 is 0 Å². The minimum absolute atomic E-state index is 0.132. The Balaban J connectivity index is 2.02. The molecule has 2 aromatic carbocycles. The van der Waals surface area contributed by atoms with E-state index in [2.05, 4.69) is 24.0 Å². The fraction of sp³-hybridized carbons (Fsp3) is 0.333. The highest BCUT2D eigenvalue weighted by atomic mass is 35.5. The molecule has 0 fully saturated rings. The number of rotatable bonds is 6. The summed E-state index contributed by atoms with van der Waals surface area (Å²) in [7, 11) is 0. The molecule has 0 aliphatic heterocycles. The van der Waals surface area contributed by atoms with E-state index in [0.29, 0.717) is 5.56 Å². The van der Waals surface area contributed by atoms with Crippen molar-refractivity contribution in [1.82, 2.24) is 4.90 Å². The first kappa shape index (κ1) is 16.0. The Morgan fingerprint density at radius 3 is 2.48 bits per heavy atom. The van der Waals surface area contributed by atoms with Gasteiger partial charge in [-0.1, -0.05) is 49.4 Å². The van der Waals surface area contributed by atoms with Crippen LogP contribution in [0.5, 0.6) is 0 Å². The molecule has 0 spiro atoms. The largest absolute Gasteiger partial charge is 0.298 e. The third kappa shape index (κ3) is 4.55.